The molecule has 0 rings (SSSR count). The highest BCUT2D eigenvalue weighted by atomic mass is 14.8. The average Bonchev–Trinajstić information content (AvgIpc) is 2.17. The van der Waals surface area contributed by atoms with E-state index in [1.165, 1.54) is 6.42 Å². The van der Waals surface area contributed by atoms with Gasteiger partial charge in [-0.05, 0) is 19.4 Å². The maximum absolute atomic E-state index is 8.71. The first-order valence-corrected chi connectivity index (χ1v) is 4.82. The van der Waals surface area contributed by atoms with Crippen molar-refractivity contribution >= 4 is 0 Å². The zero-order valence-electron chi connectivity index (χ0n) is 8.21. The number of hydrogen-bond acceptors (Lipinski definition) is 3. The average molecular weight is 179 g/mol. The third kappa shape index (κ3) is 7.31. The van der Waals surface area contributed by atoms with E-state index in [1.54, 1.807) is 0 Å². The van der Waals surface area contributed by atoms with Crippen LogP contribution in [-0.2, 0) is 0 Å². The SMILES string of the molecule is CCCCNCC(C#N)CCC#N. The summed E-state index contributed by atoms with van der Waals surface area (Å²) in [6.45, 7) is 3.83. The van der Waals surface area contributed by atoms with Crippen molar-refractivity contribution in [2.45, 2.75) is 32.6 Å². The van der Waals surface area contributed by atoms with E-state index in [0.717, 1.165) is 19.5 Å². The first-order chi connectivity index (χ1) is 6.35. The second kappa shape index (κ2) is 9.03. The molecule has 0 amide bonds. The molecule has 1 N–H and O–H groups in total. The molecule has 3 heteroatoms. The van der Waals surface area contributed by atoms with E-state index in [2.05, 4.69) is 24.4 Å². The largest absolute Gasteiger partial charge is 0.315 e. The van der Waals surface area contributed by atoms with Crippen LogP contribution in [0.2, 0.25) is 0 Å². The van der Waals surface area contributed by atoms with Gasteiger partial charge in [0.1, 0.15) is 0 Å². The lowest BCUT2D eigenvalue weighted by Gasteiger charge is -2.07. The van der Waals surface area contributed by atoms with Gasteiger partial charge in [-0.2, -0.15) is 10.5 Å². The smallest absolute Gasteiger partial charge is 0.0669 e. The van der Waals surface area contributed by atoms with Crippen molar-refractivity contribution < 1.29 is 0 Å². The van der Waals surface area contributed by atoms with Crippen LogP contribution in [0.1, 0.15) is 32.6 Å². The minimum absolute atomic E-state index is 0.00324. The molecule has 1 unspecified atom stereocenters. The molecule has 0 aromatic rings. The van der Waals surface area contributed by atoms with Crippen molar-refractivity contribution in [3.8, 4) is 12.1 Å². The van der Waals surface area contributed by atoms with Crippen LogP contribution in [0.3, 0.4) is 0 Å². The first-order valence-electron chi connectivity index (χ1n) is 4.82. The van der Waals surface area contributed by atoms with Crippen molar-refractivity contribution in [2.24, 2.45) is 5.92 Å². The normalized spacial score (nSPS) is 11.6. The summed E-state index contributed by atoms with van der Waals surface area (Å²) in [4.78, 5) is 0. The van der Waals surface area contributed by atoms with Crippen LogP contribution >= 0.6 is 0 Å². The molecule has 0 aromatic heterocycles. The number of nitriles is 2. The van der Waals surface area contributed by atoms with Crippen molar-refractivity contribution in [2.75, 3.05) is 13.1 Å². The van der Waals surface area contributed by atoms with Crippen LogP contribution in [0.25, 0.3) is 0 Å². The van der Waals surface area contributed by atoms with Crippen molar-refractivity contribution in [1.29, 1.82) is 10.5 Å². The minimum atomic E-state index is -0.00324. The molecule has 0 heterocycles. The van der Waals surface area contributed by atoms with Gasteiger partial charge < -0.3 is 5.32 Å². The van der Waals surface area contributed by atoms with E-state index in [4.69, 9.17) is 10.5 Å². The van der Waals surface area contributed by atoms with E-state index >= 15 is 0 Å². The fourth-order valence-corrected chi connectivity index (χ4v) is 1.03. The molecule has 13 heavy (non-hydrogen) atoms. The van der Waals surface area contributed by atoms with Crippen LogP contribution in [-0.4, -0.2) is 13.1 Å². The molecule has 3 nitrogen and oxygen atoms in total. The highest BCUT2D eigenvalue weighted by Crippen LogP contribution is 2.02. The molecule has 0 aliphatic carbocycles. The van der Waals surface area contributed by atoms with Crippen molar-refractivity contribution in [3.05, 3.63) is 0 Å². The van der Waals surface area contributed by atoms with E-state index in [-0.39, 0.29) is 5.92 Å². The molecule has 0 aliphatic heterocycles. The van der Waals surface area contributed by atoms with E-state index in [1.807, 2.05) is 0 Å². The van der Waals surface area contributed by atoms with Gasteiger partial charge in [0.25, 0.3) is 0 Å². The Morgan fingerprint density at radius 3 is 2.69 bits per heavy atom. The predicted molar refractivity (Wildman–Crippen MR) is 51.7 cm³/mol. The third-order valence-electron chi connectivity index (χ3n) is 1.89. The minimum Gasteiger partial charge on any atom is -0.315 e. The first kappa shape index (κ1) is 11.9. The quantitative estimate of drug-likeness (QED) is 0.606. The molecule has 72 valence electrons. The molecule has 0 aromatic carbocycles. The Hall–Kier alpha value is -1.06. The Balaban J connectivity index is 3.39. The number of hydrogen-bond donors (Lipinski definition) is 1. The Kier molecular flexibility index (Phi) is 8.30. The summed E-state index contributed by atoms with van der Waals surface area (Å²) in [6, 6.07) is 4.26. The zero-order chi connectivity index (χ0) is 9.94. The fraction of sp³-hybridized carbons (Fsp3) is 0.800. The number of nitrogens with zero attached hydrogens (tertiary/aromatic N) is 2. The Labute approximate surface area is 80.4 Å². The maximum Gasteiger partial charge on any atom is 0.0669 e. The van der Waals surface area contributed by atoms with Gasteiger partial charge in [-0.3, -0.25) is 0 Å². The molecule has 0 saturated heterocycles. The summed E-state index contributed by atoms with van der Waals surface area (Å²) in [7, 11) is 0. The van der Waals surface area contributed by atoms with Crippen LogP contribution in [0, 0.1) is 28.6 Å². The van der Waals surface area contributed by atoms with Gasteiger partial charge in [0.2, 0.25) is 0 Å². The van der Waals surface area contributed by atoms with Crippen LogP contribution in [0.5, 0.6) is 0 Å². The zero-order valence-corrected chi connectivity index (χ0v) is 8.21. The second-order valence-corrected chi connectivity index (χ2v) is 3.08. The third-order valence-corrected chi connectivity index (χ3v) is 1.89. The lowest BCUT2D eigenvalue weighted by molar-refractivity contribution is 0.530. The molecule has 0 radical (unpaired) electrons. The highest BCUT2D eigenvalue weighted by Gasteiger charge is 2.05. The fourth-order valence-electron chi connectivity index (χ4n) is 1.03. The molecule has 0 fully saturated rings. The lowest BCUT2D eigenvalue weighted by atomic mass is 10.1. The van der Waals surface area contributed by atoms with Gasteiger partial charge in [0.05, 0.1) is 18.1 Å². The predicted octanol–water partition coefficient (Wildman–Crippen LogP) is 1.82. The van der Waals surface area contributed by atoms with Crippen molar-refractivity contribution in [3.63, 3.8) is 0 Å². The van der Waals surface area contributed by atoms with Gasteiger partial charge in [0, 0.05) is 13.0 Å². The van der Waals surface area contributed by atoms with Gasteiger partial charge in [-0.25, -0.2) is 0 Å². The summed E-state index contributed by atoms with van der Waals surface area (Å²) in [5.41, 5.74) is 0. The summed E-state index contributed by atoms with van der Waals surface area (Å²) >= 11 is 0. The monoisotopic (exact) mass is 179 g/mol. The van der Waals surface area contributed by atoms with Crippen LogP contribution in [0.15, 0.2) is 0 Å². The molecule has 0 saturated carbocycles. The lowest BCUT2D eigenvalue weighted by Crippen LogP contribution is -2.22. The van der Waals surface area contributed by atoms with Gasteiger partial charge in [-0.1, -0.05) is 13.3 Å². The molecule has 0 bridgehead atoms. The summed E-state index contributed by atoms with van der Waals surface area (Å²) < 4.78 is 0. The number of nitrogens with one attached hydrogen (secondary N) is 1. The molecular weight excluding hydrogens is 162 g/mol. The van der Waals surface area contributed by atoms with E-state index in [0.29, 0.717) is 12.8 Å². The number of rotatable bonds is 7. The Bertz CT molecular complexity index is 187. The maximum atomic E-state index is 8.71. The van der Waals surface area contributed by atoms with Gasteiger partial charge >= 0.3 is 0 Å². The van der Waals surface area contributed by atoms with Gasteiger partial charge in [-0.15, -0.1) is 0 Å². The van der Waals surface area contributed by atoms with Crippen LogP contribution in [0.4, 0.5) is 0 Å². The van der Waals surface area contributed by atoms with E-state index < -0.39 is 0 Å². The molecule has 0 spiro atoms. The standard InChI is InChI=1S/C10H17N3/c1-2-3-7-13-9-10(8-12)5-4-6-11/h10,13H,2-5,7,9H2,1H3. The van der Waals surface area contributed by atoms with Gasteiger partial charge in [0.15, 0.2) is 0 Å². The van der Waals surface area contributed by atoms with Crippen LogP contribution < -0.4 is 5.32 Å². The topological polar surface area (TPSA) is 59.6 Å². The van der Waals surface area contributed by atoms with E-state index in [9.17, 15) is 0 Å². The number of unbranched alkanes of at least 4 members (excludes halogenated alkanes) is 1. The summed E-state index contributed by atoms with van der Waals surface area (Å²) in [5, 5.41) is 20.3. The highest BCUT2D eigenvalue weighted by molar-refractivity contribution is 4.87. The Morgan fingerprint density at radius 2 is 2.15 bits per heavy atom. The summed E-state index contributed by atoms with van der Waals surface area (Å²) in [5.74, 6) is -0.00324. The molecule has 0 aliphatic rings. The van der Waals surface area contributed by atoms with Crippen molar-refractivity contribution in [1.82, 2.24) is 5.32 Å². The summed E-state index contributed by atoms with van der Waals surface area (Å²) in [6.07, 6.45) is 3.48. The Morgan fingerprint density at radius 1 is 1.38 bits per heavy atom. The second-order valence-electron chi connectivity index (χ2n) is 3.08. The molecular formula is C10H17N3. The molecule has 1 atom stereocenters.